The number of amides is 1. The number of benzene rings is 2. The van der Waals surface area contributed by atoms with Crippen molar-refractivity contribution >= 4 is 55.0 Å². The number of nitrogens with zero attached hydrogens (tertiary/aromatic N) is 3. The minimum absolute atomic E-state index is 0.00249. The third-order valence-electron chi connectivity index (χ3n) is 7.58. The number of thiazole rings is 1. The lowest BCUT2D eigenvalue weighted by Crippen LogP contribution is -2.47. The summed E-state index contributed by atoms with van der Waals surface area (Å²) in [5.74, 6) is -0.713. The summed E-state index contributed by atoms with van der Waals surface area (Å²) < 4.78 is 45.8. The van der Waals surface area contributed by atoms with Crippen LogP contribution < -0.4 is 10.0 Å². The Morgan fingerprint density at radius 1 is 1.20 bits per heavy atom. The van der Waals surface area contributed by atoms with Crippen molar-refractivity contribution in [3.8, 4) is 0 Å². The molecule has 3 aliphatic rings. The van der Waals surface area contributed by atoms with Crippen molar-refractivity contribution in [3.05, 3.63) is 92.2 Å². The normalized spacial score (nSPS) is 19.0. The van der Waals surface area contributed by atoms with E-state index in [1.807, 2.05) is 17.2 Å². The van der Waals surface area contributed by atoms with Gasteiger partial charge >= 0.3 is 5.97 Å². The van der Waals surface area contributed by atoms with Crippen LogP contribution in [0.5, 0.6) is 0 Å². The number of aromatic nitrogens is 1. The second-order valence-corrected chi connectivity index (χ2v) is 14.3. The molecule has 6 rings (SSSR count). The van der Waals surface area contributed by atoms with Crippen LogP contribution in [-0.4, -0.2) is 68.8 Å². The molecular formula is C30H31BrFN5O5S2. The Hall–Kier alpha value is -3.46. The number of nitrogens with one attached hydrogen (secondary N) is 2. The Morgan fingerprint density at radius 3 is 2.55 bits per heavy atom. The summed E-state index contributed by atoms with van der Waals surface area (Å²) in [4.78, 5) is 36.7. The minimum atomic E-state index is -3.99. The SMILES string of the molecule is COC(=O)C1=C(CN2CC3(CC3)CC2C(=O)NS(=O)(=O)c2ccccc2)NC(c2nc(C)cs2)=NC1.Fc1cccc(Br)c1. The van der Waals surface area contributed by atoms with Crippen molar-refractivity contribution in [1.82, 2.24) is 19.9 Å². The van der Waals surface area contributed by atoms with Gasteiger partial charge in [-0.1, -0.05) is 40.2 Å². The Labute approximate surface area is 267 Å². The number of hydrogen-bond acceptors (Lipinski definition) is 10. The smallest absolute Gasteiger partial charge is 0.337 e. The maximum atomic E-state index is 13.3. The van der Waals surface area contributed by atoms with Crippen LogP contribution in [0.2, 0.25) is 0 Å². The zero-order chi connectivity index (χ0) is 31.5. The predicted molar refractivity (Wildman–Crippen MR) is 168 cm³/mol. The molecule has 1 unspecified atom stereocenters. The van der Waals surface area contributed by atoms with E-state index in [-0.39, 0.29) is 29.2 Å². The molecule has 2 fully saturated rings. The van der Waals surface area contributed by atoms with Gasteiger partial charge in [-0.3, -0.25) is 14.7 Å². The van der Waals surface area contributed by atoms with Crippen LogP contribution in [0.1, 0.15) is 30.0 Å². The van der Waals surface area contributed by atoms with E-state index >= 15 is 0 Å². The van der Waals surface area contributed by atoms with Crippen LogP contribution in [0.3, 0.4) is 0 Å². The summed E-state index contributed by atoms with van der Waals surface area (Å²) in [5, 5.41) is 5.87. The van der Waals surface area contributed by atoms with Gasteiger partial charge in [-0.25, -0.2) is 27.3 Å². The van der Waals surface area contributed by atoms with Crippen molar-refractivity contribution in [3.63, 3.8) is 0 Å². The molecule has 1 aromatic heterocycles. The highest BCUT2D eigenvalue weighted by Crippen LogP contribution is 2.55. The van der Waals surface area contributed by atoms with Gasteiger partial charge in [-0.15, -0.1) is 11.3 Å². The molecule has 1 amide bonds. The molecule has 1 saturated carbocycles. The monoisotopic (exact) mass is 703 g/mol. The summed E-state index contributed by atoms with van der Waals surface area (Å²) in [6, 6.07) is 13.4. The molecule has 1 saturated heterocycles. The summed E-state index contributed by atoms with van der Waals surface area (Å²) in [6.07, 6.45) is 2.54. The van der Waals surface area contributed by atoms with Crippen molar-refractivity contribution < 1.29 is 27.1 Å². The molecular weight excluding hydrogens is 673 g/mol. The van der Waals surface area contributed by atoms with Crippen LogP contribution in [0.25, 0.3) is 0 Å². The van der Waals surface area contributed by atoms with Crippen molar-refractivity contribution in [1.29, 1.82) is 0 Å². The number of esters is 1. The highest BCUT2D eigenvalue weighted by atomic mass is 79.9. The van der Waals surface area contributed by atoms with Crippen molar-refractivity contribution in [2.45, 2.75) is 37.1 Å². The van der Waals surface area contributed by atoms with Gasteiger partial charge in [0.15, 0.2) is 10.8 Å². The van der Waals surface area contributed by atoms with E-state index in [0.29, 0.717) is 35.1 Å². The number of likely N-dealkylation sites (tertiary alicyclic amines) is 1. The van der Waals surface area contributed by atoms with E-state index in [1.165, 1.54) is 42.7 Å². The van der Waals surface area contributed by atoms with Crippen molar-refractivity contribution in [2.24, 2.45) is 10.4 Å². The first-order valence-corrected chi connectivity index (χ1v) is 17.0. The maximum absolute atomic E-state index is 13.3. The number of aliphatic imine (C=N–C) groups is 1. The summed E-state index contributed by atoms with van der Waals surface area (Å²) in [5.41, 5.74) is 1.83. The number of sulfonamides is 1. The molecule has 1 atom stereocenters. The van der Waals surface area contributed by atoms with Crippen LogP contribution in [0, 0.1) is 18.2 Å². The Kier molecular flexibility index (Phi) is 9.63. The zero-order valence-electron chi connectivity index (χ0n) is 24.0. The molecule has 44 heavy (non-hydrogen) atoms. The summed E-state index contributed by atoms with van der Waals surface area (Å²) >= 11 is 4.57. The first-order chi connectivity index (χ1) is 21.0. The van der Waals surface area contributed by atoms with Crippen molar-refractivity contribution in [2.75, 3.05) is 26.7 Å². The number of aryl methyl sites for hydroxylation is 1. The van der Waals surface area contributed by atoms with Gasteiger partial charge < -0.3 is 10.1 Å². The summed E-state index contributed by atoms with van der Waals surface area (Å²) in [6.45, 7) is 2.91. The number of halogens is 2. The zero-order valence-corrected chi connectivity index (χ0v) is 27.3. The van der Waals surface area contributed by atoms with Crippen LogP contribution in [-0.2, 0) is 24.3 Å². The average Bonchev–Trinajstić information content (AvgIpc) is 3.44. The maximum Gasteiger partial charge on any atom is 0.337 e. The fraction of sp³-hybridized carbons (Fsp3) is 0.333. The molecule has 3 aromatic rings. The van der Waals surface area contributed by atoms with Gasteiger partial charge in [0.05, 0.1) is 30.2 Å². The second-order valence-electron chi connectivity index (χ2n) is 10.9. The molecule has 232 valence electrons. The lowest BCUT2D eigenvalue weighted by molar-refractivity contribution is -0.136. The molecule has 10 nitrogen and oxygen atoms in total. The van der Waals surface area contributed by atoms with E-state index in [1.54, 1.807) is 30.3 Å². The highest BCUT2D eigenvalue weighted by Gasteiger charge is 2.54. The molecule has 2 aliphatic heterocycles. The number of ether oxygens (including phenoxy) is 1. The quantitative estimate of drug-likeness (QED) is 0.351. The second kappa shape index (κ2) is 13.3. The molecule has 2 aromatic carbocycles. The number of amidine groups is 1. The molecule has 14 heteroatoms. The molecule has 1 aliphatic carbocycles. The number of carbonyl (C=O) groups is 2. The van der Waals surface area contributed by atoms with Crippen LogP contribution >= 0.6 is 27.3 Å². The molecule has 0 bridgehead atoms. The molecule has 2 N–H and O–H groups in total. The molecule has 0 radical (unpaired) electrons. The van der Waals surface area contributed by atoms with Gasteiger partial charge in [-0.2, -0.15) is 0 Å². The lowest BCUT2D eigenvalue weighted by atomic mass is 10.0. The third-order valence-corrected chi connectivity index (χ3v) is 10.4. The van der Waals surface area contributed by atoms with Gasteiger partial charge in [0.2, 0.25) is 0 Å². The van der Waals surface area contributed by atoms with Gasteiger partial charge in [0, 0.05) is 34.3 Å². The molecule has 3 heterocycles. The largest absolute Gasteiger partial charge is 0.466 e. The Balaban J connectivity index is 0.000000418. The number of hydrogen-bond donors (Lipinski definition) is 2. The van der Waals surface area contributed by atoms with Gasteiger partial charge in [-0.05, 0) is 61.9 Å². The van der Waals surface area contributed by atoms with E-state index in [0.717, 1.165) is 23.0 Å². The molecule has 1 spiro atoms. The standard InChI is InChI=1S/C24H27N5O5S2.C6H4BrF/c1-15-13-35-22(26-15)20-25-11-17(23(31)34-2)18(27-20)12-29-14-24(8-9-24)10-19(29)21(30)28-36(32,33)16-6-4-3-5-7-16;7-5-2-1-3-6(8)4-5/h3-7,13,19H,8-12,14H2,1-2H3,(H,25,27)(H,28,30);1-4H. The third kappa shape index (κ3) is 7.60. The van der Waals surface area contributed by atoms with Crippen LogP contribution in [0.4, 0.5) is 4.39 Å². The van der Waals surface area contributed by atoms with E-state index in [4.69, 9.17) is 4.74 Å². The highest BCUT2D eigenvalue weighted by molar-refractivity contribution is 9.10. The fourth-order valence-electron chi connectivity index (χ4n) is 5.17. The predicted octanol–water partition coefficient (Wildman–Crippen LogP) is 4.18. The summed E-state index contributed by atoms with van der Waals surface area (Å²) in [7, 11) is -2.68. The first-order valence-electron chi connectivity index (χ1n) is 13.8. The minimum Gasteiger partial charge on any atom is -0.466 e. The Morgan fingerprint density at radius 2 is 1.95 bits per heavy atom. The Bertz CT molecular complexity index is 1710. The number of carbonyl (C=O) groups excluding carboxylic acids is 2. The van der Waals surface area contributed by atoms with Gasteiger partial charge in [0.25, 0.3) is 15.9 Å². The first kappa shape index (κ1) is 31.9. The van der Waals surface area contributed by atoms with E-state index < -0.39 is 27.9 Å². The fourth-order valence-corrected chi connectivity index (χ4v) is 7.34. The number of rotatable bonds is 7. The van der Waals surface area contributed by atoms with E-state index in [2.05, 4.69) is 35.9 Å². The lowest BCUT2D eigenvalue weighted by Gasteiger charge is -2.28. The average molecular weight is 705 g/mol. The van der Waals surface area contributed by atoms with E-state index in [9.17, 15) is 22.4 Å². The number of methoxy groups -OCH3 is 1. The van der Waals surface area contributed by atoms with Crippen LogP contribution in [0.15, 0.2) is 85.6 Å². The topological polar surface area (TPSA) is 130 Å². The van der Waals surface area contributed by atoms with Gasteiger partial charge in [0.1, 0.15) is 5.82 Å².